The second kappa shape index (κ2) is 9.81. The Kier molecular flexibility index (Phi) is 6.35. The first-order valence-electron chi connectivity index (χ1n) is 12.5. The van der Waals surface area contributed by atoms with Gasteiger partial charge in [0.25, 0.3) is 5.89 Å². The molecule has 194 valence electrons. The quantitative estimate of drug-likeness (QED) is 0.534. The zero-order valence-electron chi connectivity index (χ0n) is 20.5. The molecule has 3 aliphatic rings. The van der Waals surface area contributed by atoms with Gasteiger partial charge in [0, 0.05) is 30.9 Å². The van der Waals surface area contributed by atoms with Gasteiger partial charge in [-0.3, -0.25) is 4.79 Å². The van der Waals surface area contributed by atoms with Gasteiger partial charge in [0.2, 0.25) is 18.1 Å². The van der Waals surface area contributed by atoms with Gasteiger partial charge in [-0.2, -0.15) is 0 Å². The Labute approximate surface area is 213 Å². The molecular formula is C26H28FN5O5. The van der Waals surface area contributed by atoms with Crippen LogP contribution in [0.1, 0.15) is 31.9 Å². The Balaban J connectivity index is 1.26. The molecule has 0 atom stereocenters. The fourth-order valence-electron chi connectivity index (χ4n) is 4.40. The summed E-state index contributed by atoms with van der Waals surface area (Å²) in [5.74, 6) is 0.746. The highest BCUT2D eigenvalue weighted by atomic mass is 19.1. The molecular weight excluding hydrogens is 481 g/mol. The van der Waals surface area contributed by atoms with Crippen molar-refractivity contribution in [3.63, 3.8) is 0 Å². The maximum atomic E-state index is 13.6. The number of hydrogen-bond donors (Lipinski definition) is 1. The second-order valence-corrected chi connectivity index (χ2v) is 9.84. The lowest BCUT2D eigenvalue weighted by molar-refractivity contribution is -0.239. The highest BCUT2D eigenvalue weighted by Crippen LogP contribution is 2.38. The highest BCUT2D eigenvalue weighted by molar-refractivity contribution is 5.83. The molecule has 3 fully saturated rings. The van der Waals surface area contributed by atoms with E-state index in [0.717, 1.165) is 12.8 Å². The number of carbonyl (C=O) groups excluding carboxylic acids is 1. The predicted molar refractivity (Wildman–Crippen MR) is 130 cm³/mol. The largest absolute Gasteiger partial charge is 0.435 e. The minimum absolute atomic E-state index is 0.0222. The number of aromatic nitrogens is 3. The van der Waals surface area contributed by atoms with Crippen molar-refractivity contribution in [2.75, 3.05) is 44.8 Å². The van der Waals surface area contributed by atoms with Gasteiger partial charge in [0.05, 0.1) is 37.5 Å². The van der Waals surface area contributed by atoms with E-state index in [1.807, 2.05) is 6.92 Å². The van der Waals surface area contributed by atoms with Crippen molar-refractivity contribution >= 4 is 11.9 Å². The molecule has 2 saturated heterocycles. The summed E-state index contributed by atoms with van der Waals surface area (Å²) >= 11 is 0. The van der Waals surface area contributed by atoms with Crippen LogP contribution in [0.15, 0.2) is 40.9 Å². The molecule has 0 spiro atoms. The average molecular weight is 510 g/mol. The van der Waals surface area contributed by atoms with Crippen LogP contribution in [0.2, 0.25) is 0 Å². The lowest BCUT2D eigenvalue weighted by atomic mass is 9.90. The summed E-state index contributed by atoms with van der Waals surface area (Å²) in [6.45, 7) is 4.30. The maximum Gasteiger partial charge on any atom is 0.253 e. The molecule has 0 bridgehead atoms. The van der Waals surface area contributed by atoms with Crippen LogP contribution in [-0.2, 0) is 19.0 Å². The number of nitrogens with one attached hydrogen (secondary N) is 1. The first-order chi connectivity index (χ1) is 18.0. The Hall–Kier alpha value is -3.41. The van der Waals surface area contributed by atoms with Crippen molar-refractivity contribution in [1.29, 1.82) is 0 Å². The number of ether oxygens (including phenoxy) is 3. The topological polar surface area (TPSA) is 112 Å². The lowest BCUT2D eigenvalue weighted by Crippen LogP contribution is -2.53. The van der Waals surface area contributed by atoms with E-state index < -0.39 is 11.7 Å². The minimum Gasteiger partial charge on any atom is -0.435 e. The normalized spacial score (nSPS) is 24.2. The van der Waals surface area contributed by atoms with Crippen LogP contribution in [-0.4, -0.2) is 71.3 Å². The van der Waals surface area contributed by atoms with Gasteiger partial charge >= 0.3 is 0 Å². The maximum absolute atomic E-state index is 13.6. The van der Waals surface area contributed by atoms with Crippen LogP contribution < -0.4 is 5.32 Å². The number of rotatable bonds is 6. The molecule has 11 heteroatoms. The molecule has 10 nitrogen and oxygen atoms in total. The van der Waals surface area contributed by atoms with Crippen molar-refractivity contribution in [2.45, 2.75) is 32.1 Å². The van der Waals surface area contributed by atoms with Crippen LogP contribution >= 0.6 is 0 Å². The molecule has 2 aliphatic heterocycles. The molecule has 1 saturated carbocycles. The van der Waals surface area contributed by atoms with Gasteiger partial charge in [-0.25, -0.2) is 19.3 Å². The highest BCUT2D eigenvalue weighted by Gasteiger charge is 2.43. The van der Waals surface area contributed by atoms with E-state index >= 15 is 0 Å². The Bertz CT molecular complexity index is 1260. The van der Waals surface area contributed by atoms with E-state index in [-0.39, 0.29) is 30.8 Å². The third kappa shape index (κ3) is 5.07. The van der Waals surface area contributed by atoms with Gasteiger partial charge in [-0.1, -0.05) is 0 Å². The summed E-state index contributed by atoms with van der Waals surface area (Å²) in [4.78, 5) is 28.5. The molecule has 1 N–H and O–H groups in total. The van der Waals surface area contributed by atoms with Crippen molar-refractivity contribution in [2.24, 2.45) is 5.41 Å². The van der Waals surface area contributed by atoms with Crippen molar-refractivity contribution in [1.82, 2.24) is 19.9 Å². The number of benzene rings is 1. The van der Waals surface area contributed by atoms with Crippen molar-refractivity contribution in [3.05, 3.63) is 48.2 Å². The molecule has 4 heterocycles. The fourth-order valence-corrected chi connectivity index (χ4v) is 4.40. The summed E-state index contributed by atoms with van der Waals surface area (Å²) in [5, 5.41) is 3.29. The number of halogens is 1. The summed E-state index contributed by atoms with van der Waals surface area (Å²) < 4.78 is 37.1. The van der Waals surface area contributed by atoms with E-state index in [1.165, 1.54) is 12.1 Å². The number of morpholine rings is 1. The molecule has 37 heavy (non-hydrogen) atoms. The van der Waals surface area contributed by atoms with Gasteiger partial charge in [0.1, 0.15) is 11.5 Å². The third-order valence-corrected chi connectivity index (χ3v) is 6.68. The fraction of sp³-hybridized carbons (Fsp3) is 0.462. The molecule has 3 aromatic rings. The summed E-state index contributed by atoms with van der Waals surface area (Å²) in [6.07, 6.45) is 2.94. The summed E-state index contributed by atoms with van der Waals surface area (Å²) in [7, 11) is 0. The van der Waals surface area contributed by atoms with Crippen LogP contribution in [0.5, 0.6) is 0 Å². The first kappa shape index (κ1) is 24.0. The van der Waals surface area contributed by atoms with Crippen LogP contribution in [0.25, 0.3) is 22.7 Å². The van der Waals surface area contributed by atoms with Gasteiger partial charge < -0.3 is 28.8 Å². The monoisotopic (exact) mass is 509 g/mol. The second-order valence-electron chi connectivity index (χ2n) is 9.84. The molecule has 0 unspecified atom stereocenters. The van der Waals surface area contributed by atoms with E-state index in [0.29, 0.717) is 61.0 Å². The predicted octanol–water partition coefficient (Wildman–Crippen LogP) is 3.42. The SMILES string of the molecule is CC1(C(=O)N2CCOCC2)COC(c2nc(-c3ccnc(NC4CC4)n3)c(-c3ccc(F)cc3)o2)OC1. The molecule has 6 rings (SSSR count). The number of nitrogens with zero attached hydrogens (tertiary/aromatic N) is 4. The molecule has 1 amide bonds. The number of carbonyl (C=O) groups is 1. The number of amides is 1. The van der Waals surface area contributed by atoms with Crippen molar-refractivity contribution in [3.8, 4) is 22.7 Å². The third-order valence-electron chi connectivity index (χ3n) is 6.68. The smallest absolute Gasteiger partial charge is 0.253 e. The molecule has 0 radical (unpaired) electrons. The van der Waals surface area contributed by atoms with Gasteiger partial charge in [0.15, 0.2) is 5.76 Å². The minimum atomic E-state index is -0.899. The zero-order valence-corrected chi connectivity index (χ0v) is 20.5. The van der Waals surface area contributed by atoms with Crippen LogP contribution in [0, 0.1) is 11.2 Å². The zero-order chi connectivity index (χ0) is 25.4. The number of hydrogen-bond acceptors (Lipinski definition) is 9. The molecule has 1 aliphatic carbocycles. The summed E-state index contributed by atoms with van der Waals surface area (Å²) in [6, 6.07) is 8.09. The standard InChI is InChI=1S/C26H28FN5O5/c1-26(24(33)32-10-12-34-13-11-32)14-35-23(36-15-26)22-31-20(21(37-22)16-2-4-17(27)5-3-16)19-8-9-28-25(30-19)29-18-6-7-18/h2-5,8-9,18,23H,6-7,10-15H2,1H3,(H,28,29,30). The van der Waals surface area contributed by atoms with E-state index in [4.69, 9.17) is 18.6 Å². The number of anilines is 1. The van der Waals surface area contributed by atoms with E-state index in [9.17, 15) is 9.18 Å². The number of oxazole rings is 1. The van der Waals surface area contributed by atoms with Gasteiger partial charge in [-0.05, 0) is 50.1 Å². The Morgan fingerprint density at radius 1 is 1.08 bits per heavy atom. The molecule has 2 aromatic heterocycles. The Morgan fingerprint density at radius 2 is 1.81 bits per heavy atom. The molecule has 1 aromatic carbocycles. The summed E-state index contributed by atoms with van der Waals surface area (Å²) in [5.41, 5.74) is 0.830. The average Bonchev–Trinajstić information content (AvgIpc) is 3.64. The Morgan fingerprint density at radius 3 is 2.51 bits per heavy atom. The van der Waals surface area contributed by atoms with Gasteiger partial charge in [-0.15, -0.1) is 0 Å². The lowest BCUT2D eigenvalue weighted by Gasteiger charge is -2.39. The van der Waals surface area contributed by atoms with E-state index in [1.54, 1.807) is 29.3 Å². The van der Waals surface area contributed by atoms with Crippen molar-refractivity contribution < 1.29 is 27.8 Å². The first-order valence-corrected chi connectivity index (χ1v) is 12.5. The van der Waals surface area contributed by atoms with E-state index in [2.05, 4.69) is 20.3 Å². The van der Waals surface area contributed by atoms with Crippen LogP contribution in [0.4, 0.5) is 10.3 Å². The van der Waals surface area contributed by atoms with Crippen LogP contribution in [0.3, 0.4) is 0 Å².